The second-order valence-electron chi connectivity index (χ2n) is 9.00. The van der Waals surface area contributed by atoms with Gasteiger partial charge in [0.15, 0.2) is 0 Å². The first-order valence-corrected chi connectivity index (χ1v) is 14.4. The van der Waals surface area contributed by atoms with Gasteiger partial charge in [0.05, 0.1) is 22.5 Å². The summed E-state index contributed by atoms with van der Waals surface area (Å²) in [6, 6.07) is 10.4. The van der Waals surface area contributed by atoms with E-state index in [0.29, 0.717) is 23.2 Å². The molecule has 210 valence electrons. The van der Waals surface area contributed by atoms with Crippen molar-refractivity contribution in [1.82, 2.24) is 10.2 Å². The van der Waals surface area contributed by atoms with Gasteiger partial charge in [-0.05, 0) is 49.9 Å². The molecule has 1 N–H and O–H groups in total. The van der Waals surface area contributed by atoms with Gasteiger partial charge in [-0.2, -0.15) is 13.2 Å². The molecular weight excluding hydrogens is 543 g/mol. The molecule has 2 unspecified atom stereocenters. The van der Waals surface area contributed by atoms with Crippen molar-refractivity contribution in [2.45, 2.75) is 58.3 Å². The van der Waals surface area contributed by atoms with Crippen LogP contribution in [0.15, 0.2) is 48.5 Å². The molecule has 2 aromatic carbocycles. The number of benzene rings is 2. The summed E-state index contributed by atoms with van der Waals surface area (Å²) in [4.78, 5) is 28.0. The molecule has 2 aromatic rings. The highest BCUT2D eigenvalue weighted by Crippen LogP contribution is 2.36. The quantitative estimate of drug-likeness (QED) is 0.390. The van der Waals surface area contributed by atoms with Gasteiger partial charge in [-0.15, -0.1) is 0 Å². The summed E-state index contributed by atoms with van der Waals surface area (Å²) >= 11 is 6.10. The van der Waals surface area contributed by atoms with Crippen molar-refractivity contribution in [3.05, 3.63) is 64.7 Å². The van der Waals surface area contributed by atoms with Crippen molar-refractivity contribution in [3.63, 3.8) is 0 Å². The van der Waals surface area contributed by atoms with E-state index >= 15 is 0 Å². The number of hydrogen-bond acceptors (Lipinski definition) is 4. The highest BCUT2D eigenvalue weighted by molar-refractivity contribution is 7.92. The lowest BCUT2D eigenvalue weighted by atomic mass is 10.1. The monoisotopic (exact) mass is 575 g/mol. The second-order valence-corrected chi connectivity index (χ2v) is 11.3. The molecule has 0 saturated carbocycles. The Kier molecular flexibility index (Phi) is 11.0. The molecule has 2 atom stereocenters. The molecule has 0 saturated heterocycles. The van der Waals surface area contributed by atoms with E-state index in [1.165, 1.54) is 4.90 Å². The van der Waals surface area contributed by atoms with E-state index in [9.17, 15) is 31.2 Å². The van der Waals surface area contributed by atoms with E-state index in [-0.39, 0.29) is 24.0 Å². The lowest BCUT2D eigenvalue weighted by Crippen LogP contribution is -2.54. The van der Waals surface area contributed by atoms with Crippen molar-refractivity contribution in [2.75, 3.05) is 23.7 Å². The van der Waals surface area contributed by atoms with Gasteiger partial charge in [0, 0.05) is 12.6 Å². The molecule has 12 heteroatoms. The molecule has 0 aliphatic rings. The first kappa shape index (κ1) is 31.4. The first-order valence-electron chi connectivity index (χ1n) is 12.2. The Morgan fingerprint density at radius 3 is 2.21 bits per heavy atom. The molecule has 38 heavy (non-hydrogen) atoms. The fourth-order valence-corrected chi connectivity index (χ4v) is 4.93. The minimum atomic E-state index is -4.75. The van der Waals surface area contributed by atoms with Crippen LogP contribution < -0.4 is 9.62 Å². The van der Waals surface area contributed by atoms with Gasteiger partial charge in [-0.25, -0.2) is 8.42 Å². The van der Waals surface area contributed by atoms with Crippen LogP contribution in [-0.4, -0.2) is 56.6 Å². The van der Waals surface area contributed by atoms with E-state index in [4.69, 9.17) is 11.6 Å². The standard InChI is InChI=1S/C26H33ClF3N3O4S/c1-5-18(3)31-25(35)22(6-2)32(15-14-19-10-8-7-9-11-19)24(34)17-33(38(4,36)37)23-16-20(26(28,29)30)12-13-21(23)27/h7-13,16,18,22H,5-6,14-15,17H2,1-4H3,(H,31,35). The molecule has 0 aromatic heterocycles. The number of nitrogens with zero attached hydrogens (tertiary/aromatic N) is 2. The van der Waals surface area contributed by atoms with Crippen molar-refractivity contribution < 1.29 is 31.2 Å². The fourth-order valence-electron chi connectivity index (χ4n) is 3.81. The Bertz CT molecular complexity index is 1210. The zero-order valence-corrected chi connectivity index (χ0v) is 23.3. The molecule has 2 amide bonds. The third-order valence-electron chi connectivity index (χ3n) is 6.09. The number of carbonyl (C=O) groups is 2. The summed E-state index contributed by atoms with van der Waals surface area (Å²) in [7, 11) is -4.24. The summed E-state index contributed by atoms with van der Waals surface area (Å²) in [5, 5.41) is 2.58. The maximum absolute atomic E-state index is 13.6. The Labute approximate surface area is 227 Å². The Morgan fingerprint density at radius 1 is 1.05 bits per heavy atom. The molecule has 0 heterocycles. The van der Waals surface area contributed by atoms with Gasteiger partial charge in [0.2, 0.25) is 21.8 Å². The van der Waals surface area contributed by atoms with Crippen LogP contribution in [0.1, 0.15) is 44.7 Å². The van der Waals surface area contributed by atoms with Gasteiger partial charge < -0.3 is 10.2 Å². The molecule has 0 spiro atoms. The highest BCUT2D eigenvalue weighted by Gasteiger charge is 2.35. The van der Waals surface area contributed by atoms with E-state index in [2.05, 4.69) is 5.32 Å². The largest absolute Gasteiger partial charge is 0.416 e. The van der Waals surface area contributed by atoms with Crippen LogP contribution in [0, 0.1) is 0 Å². The van der Waals surface area contributed by atoms with E-state index in [1.807, 2.05) is 44.2 Å². The molecule has 0 radical (unpaired) electrons. The van der Waals surface area contributed by atoms with Crippen LogP contribution in [0.5, 0.6) is 0 Å². The zero-order valence-electron chi connectivity index (χ0n) is 21.8. The summed E-state index contributed by atoms with van der Waals surface area (Å²) in [5.74, 6) is -1.14. The highest BCUT2D eigenvalue weighted by atomic mass is 35.5. The summed E-state index contributed by atoms with van der Waals surface area (Å²) in [6.45, 7) is 4.70. The number of alkyl halides is 3. The molecule has 0 fully saturated rings. The zero-order chi connectivity index (χ0) is 28.7. The van der Waals surface area contributed by atoms with E-state index < -0.39 is 51.9 Å². The molecule has 2 rings (SSSR count). The van der Waals surface area contributed by atoms with Crippen molar-refractivity contribution in [2.24, 2.45) is 0 Å². The van der Waals surface area contributed by atoms with Gasteiger partial charge in [0.25, 0.3) is 0 Å². The van der Waals surface area contributed by atoms with Crippen LogP contribution in [0.3, 0.4) is 0 Å². The number of amides is 2. The number of anilines is 1. The van der Waals surface area contributed by atoms with Crippen molar-refractivity contribution in [1.29, 1.82) is 0 Å². The van der Waals surface area contributed by atoms with Gasteiger partial charge in [-0.3, -0.25) is 13.9 Å². The first-order chi connectivity index (χ1) is 17.7. The average molecular weight is 576 g/mol. The molecule has 0 aliphatic heterocycles. The van der Waals surface area contributed by atoms with Crippen molar-refractivity contribution in [3.8, 4) is 0 Å². The van der Waals surface area contributed by atoms with Gasteiger partial charge in [0.1, 0.15) is 12.6 Å². The maximum atomic E-state index is 13.6. The maximum Gasteiger partial charge on any atom is 0.416 e. The molecule has 7 nitrogen and oxygen atoms in total. The number of rotatable bonds is 12. The normalized spacial score (nSPS) is 13.5. The fraction of sp³-hybridized carbons (Fsp3) is 0.462. The number of carbonyl (C=O) groups excluding carboxylic acids is 2. The summed E-state index contributed by atoms with van der Waals surface area (Å²) in [6.07, 6.45) is -2.70. The molecular formula is C26H33ClF3N3O4S. The van der Waals surface area contributed by atoms with E-state index in [1.54, 1.807) is 6.92 Å². The Balaban J connectivity index is 2.47. The Hall–Kier alpha value is -2.79. The summed E-state index contributed by atoms with van der Waals surface area (Å²) in [5.41, 5.74) is -0.695. The Morgan fingerprint density at radius 2 is 1.68 bits per heavy atom. The van der Waals surface area contributed by atoms with Crippen LogP contribution in [0.25, 0.3) is 0 Å². The smallest absolute Gasteiger partial charge is 0.352 e. The minimum absolute atomic E-state index is 0.0865. The third kappa shape index (κ3) is 8.62. The topological polar surface area (TPSA) is 86.8 Å². The summed E-state index contributed by atoms with van der Waals surface area (Å²) < 4.78 is 66.0. The van der Waals surface area contributed by atoms with Crippen LogP contribution in [0.4, 0.5) is 18.9 Å². The van der Waals surface area contributed by atoms with Crippen LogP contribution >= 0.6 is 11.6 Å². The predicted molar refractivity (Wildman–Crippen MR) is 142 cm³/mol. The molecule has 0 bridgehead atoms. The number of halogens is 4. The lowest BCUT2D eigenvalue weighted by molar-refractivity contribution is -0.139. The van der Waals surface area contributed by atoms with Gasteiger partial charge >= 0.3 is 6.18 Å². The SMILES string of the molecule is CCC(C)NC(=O)C(CC)N(CCc1ccccc1)C(=O)CN(c1cc(C(F)(F)F)ccc1Cl)S(C)(=O)=O. The lowest BCUT2D eigenvalue weighted by Gasteiger charge is -2.33. The van der Waals surface area contributed by atoms with Crippen LogP contribution in [0.2, 0.25) is 5.02 Å². The van der Waals surface area contributed by atoms with Gasteiger partial charge in [-0.1, -0.05) is 55.8 Å². The van der Waals surface area contributed by atoms with E-state index in [0.717, 1.165) is 24.0 Å². The average Bonchev–Trinajstić information content (AvgIpc) is 2.84. The van der Waals surface area contributed by atoms with Crippen molar-refractivity contribution >= 4 is 39.1 Å². The number of sulfonamides is 1. The second kappa shape index (κ2) is 13.3. The predicted octanol–water partition coefficient (Wildman–Crippen LogP) is 4.89. The molecule has 0 aliphatic carbocycles. The number of nitrogens with one attached hydrogen (secondary N) is 1. The number of hydrogen-bond donors (Lipinski definition) is 1. The van der Waals surface area contributed by atoms with Crippen LogP contribution in [-0.2, 0) is 32.2 Å². The minimum Gasteiger partial charge on any atom is -0.352 e. The third-order valence-corrected chi connectivity index (χ3v) is 7.54.